The van der Waals surface area contributed by atoms with E-state index in [1.165, 1.54) is 23.3 Å². The van der Waals surface area contributed by atoms with Gasteiger partial charge in [0.2, 0.25) is 10.0 Å². The fourth-order valence-electron chi connectivity index (χ4n) is 2.44. The number of sulfonamides is 1. The lowest BCUT2D eigenvalue weighted by molar-refractivity contribution is 0.519. The van der Waals surface area contributed by atoms with Gasteiger partial charge < -0.3 is 10.6 Å². The maximum Gasteiger partial charge on any atom is 0.242 e. The Morgan fingerprint density at radius 3 is 2.39 bits per heavy atom. The van der Waals surface area contributed by atoms with Crippen LogP contribution >= 0.6 is 11.8 Å². The second-order valence-electron chi connectivity index (χ2n) is 6.18. The molecule has 0 saturated heterocycles. The third-order valence-corrected chi connectivity index (χ3v) is 6.82. The van der Waals surface area contributed by atoms with Gasteiger partial charge in [0.05, 0.1) is 11.4 Å². The van der Waals surface area contributed by atoms with Gasteiger partial charge in [-0.25, -0.2) is 17.7 Å². The van der Waals surface area contributed by atoms with Crippen LogP contribution in [-0.4, -0.2) is 51.6 Å². The molecule has 0 aromatic heterocycles. The van der Waals surface area contributed by atoms with Crippen molar-refractivity contribution >= 4 is 27.7 Å². The molecule has 2 N–H and O–H groups in total. The molecule has 0 aliphatic rings. The third kappa shape index (κ3) is 6.54. The van der Waals surface area contributed by atoms with Crippen molar-refractivity contribution in [1.82, 2.24) is 14.9 Å². The largest absolute Gasteiger partial charge is 0.357 e. The highest BCUT2D eigenvalue weighted by atomic mass is 32.2. The van der Waals surface area contributed by atoms with E-state index in [4.69, 9.17) is 0 Å². The molecule has 0 aliphatic carbocycles. The van der Waals surface area contributed by atoms with Crippen LogP contribution in [0.5, 0.6) is 0 Å². The van der Waals surface area contributed by atoms with Crippen molar-refractivity contribution in [3.8, 4) is 0 Å². The van der Waals surface area contributed by atoms with E-state index in [-0.39, 0.29) is 6.54 Å². The lowest BCUT2D eigenvalue weighted by atomic mass is 10.2. The highest BCUT2D eigenvalue weighted by molar-refractivity contribution is 7.99. The first-order chi connectivity index (χ1) is 13.4. The summed E-state index contributed by atoms with van der Waals surface area (Å²) in [5.74, 6) is 1.58. The molecule has 0 heterocycles. The second-order valence-corrected chi connectivity index (χ2v) is 9.47. The molecule has 8 heteroatoms. The first-order valence-corrected chi connectivity index (χ1v) is 11.6. The molecule has 2 aromatic carbocycles. The first kappa shape index (κ1) is 22.3. The number of hydrogen-bond acceptors (Lipinski definition) is 4. The molecule has 0 fully saturated rings. The topological polar surface area (TPSA) is 73.8 Å². The minimum atomic E-state index is -3.50. The van der Waals surface area contributed by atoms with Crippen LogP contribution in [0.4, 0.5) is 0 Å². The molecule has 0 amide bonds. The van der Waals surface area contributed by atoms with Gasteiger partial charge in [-0.05, 0) is 30.7 Å². The number of thioether (sulfide) groups is 1. The molecule has 0 unspecified atom stereocenters. The Morgan fingerprint density at radius 2 is 1.71 bits per heavy atom. The standard InChI is InChI=1S/C20H28N4O2S2/c1-4-21-20(22-14-15-27-18-11-6-5-7-12-18)23-16-17-10-8-9-13-19(17)28(25,26)24(2)3/h5-13H,4,14-16H2,1-3H3,(H2,21,22,23). The number of nitrogens with zero attached hydrogens (tertiary/aromatic N) is 2. The normalized spacial score (nSPS) is 12.2. The van der Waals surface area contributed by atoms with E-state index in [0.29, 0.717) is 16.4 Å². The number of aliphatic imine (C=N–C) groups is 1. The summed E-state index contributed by atoms with van der Waals surface area (Å²) >= 11 is 1.77. The summed E-state index contributed by atoms with van der Waals surface area (Å²) < 4.78 is 26.2. The molecule has 2 aromatic rings. The average molecular weight is 421 g/mol. The van der Waals surface area contributed by atoms with Gasteiger partial charge in [-0.3, -0.25) is 0 Å². The Balaban J connectivity index is 2.01. The lowest BCUT2D eigenvalue weighted by Gasteiger charge is -2.15. The van der Waals surface area contributed by atoms with Crippen LogP contribution in [0, 0.1) is 0 Å². The lowest BCUT2D eigenvalue weighted by Crippen LogP contribution is -2.38. The van der Waals surface area contributed by atoms with Crippen LogP contribution in [0.1, 0.15) is 12.5 Å². The van der Waals surface area contributed by atoms with Gasteiger partial charge in [-0.15, -0.1) is 11.8 Å². The maximum atomic E-state index is 12.5. The van der Waals surface area contributed by atoms with Gasteiger partial charge in [0.25, 0.3) is 0 Å². The maximum absolute atomic E-state index is 12.5. The van der Waals surface area contributed by atoms with Crippen molar-refractivity contribution in [2.45, 2.75) is 23.3 Å². The van der Waals surface area contributed by atoms with Crippen molar-refractivity contribution in [3.63, 3.8) is 0 Å². The Kier molecular flexibility index (Phi) is 8.82. The summed E-state index contributed by atoms with van der Waals surface area (Å²) in [6.07, 6.45) is 0. The van der Waals surface area contributed by atoms with Crippen LogP contribution in [0.3, 0.4) is 0 Å². The van der Waals surface area contributed by atoms with Gasteiger partial charge in [0.15, 0.2) is 5.96 Å². The van der Waals surface area contributed by atoms with Gasteiger partial charge in [-0.2, -0.15) is 0 Å². The third-order valence-electron chi connectivity index (χ3n) is 3.89. The van der Waals surface area contributed by atoms with Crippen molar-refractivity contribution in [1.29, 1.82) is 0 Å². The summed E-state index contributed by atoms with van der Waals surface area (Å²) in [6.45, 7) is 3.77. The van der Waals surface area contributed by atoms with E-state index in [0.717, 1.165) is 18.8 Å². The van der Waals surface area contributed by atoms with E-state index in [1.54, 1.807) is 30.0 Å². The molecule has 152 valence electrons. The zero-order chi connectivity index (χ0) is 20.4. The quantitative estimate of drug-likeness (QED) is 0.282. The number of guanidine groups is 1. The van der Waals surface area contributed by atoms with Gasteiger partial charge in [0, 0.05) is 37.8 Å². The van der Waals surface area contributed by atoms with Crippen LogP contribution in [0.25, 0.3) is 0 Å². The molecule has 0 bridgehead atoms. The Hall–Kier alpha value is -2.03. The Labute approximate surface area is 172 Å². The fourth-order valence-corrected chi connectivity index (χ4v) is 4.34. The first-order valence-electron chi connectivity index (χ1n) is 9.15. The predicted molar refractivity (Wildman–Crippen MR) is 117 cm³/mol. The Bertz CT molecular complexity index is 869. The number of nitrogens with one attached hydrogen (secondary N) is 2. The van der Waals surface area contributed by atoms with Crippen molar-refractivity contribution in [2.24, 2.45) is 4.99 Å². The zero-order valence-corrected chi connectivity index (χ0v) is 18.2. The smallest absolute Gasteiger partial charge is 0.242 e. The summed E-state index contributed by atoms with van der Waals surface area (Å²) in [6, 6.07) is 17.2. The fraction of sp³-hybridized carbons (Fsp3) is 0.350. The Morgan fingerprint density at radius 1 is 1.04 bits per heavy atom. The molecule has 0 aliphatic heterocycles. The molecule has 0 saturated carbocycles. The molecule has 0 radical (unpaired) electrons. The van der Waals surface area contributed by atoms with Crippen LogP contribution in [0.2, 0.25) is 0 Å². The number of hydrogen-bond donors (Lipinski definition) is 2. The minimum absolute atomic E-state index is 0.282. The summed E-state index contributed by atoms with van der Waals surface area (Å²) in [4.78, 5) is 6.09. The van der Waals surface area contributed by atoms with Gasteiger partial charge in [-0.1, -0.05) is 36.4 Å². The number of benzene rings is 2. The van der Waals surface area contributed by atoms with Crippen molar-refractivity contribution in [3.05, 3.63) is 60.2 Å². The zero-order valence-electron chi connectivity index (χ0n) is 16.6. The predicted octanol–water partition coefficient (Wildman–Crippen LogP) is 2.78. The minimum Gasteiger partial charge on any atom is -0.357 e. The molecule has 28 heavy (non-hydrogen) atoms. The van der Waals surface area contributed by atoms with Gasteiger partial charge in [0.1, 0.15) is 0 Å². The average Bonchev–Trinajstić information content (AvgIpc) is 2.70. The molecule has 2 rings (SSSR count). The van der Waals surface area contributed by atoms with E-state index in [1.807, 2.05) is 31.2 Å². The summed E-state index contributed by atoms with van der Waals surface area (Å²) in [5.41, 5.74) is 0.673. The van der Waals surface area contributed by atoms with Crippen molar-refractivity contribution < 1.29 is 8.42 Å². The summed E-state index contributed by atoms with van der Waals surface area (Å²) in [5, 5.41) is 6.50. The second kappa shape index (κ2) is 11.1. The van der Waals surface area contributed by atoms with Crippen LogP contribution < -0.4 is 10.6 Å². The monoisotopic (exact) mass is 420 g/mol. The molecular formula is C20H28N4O2S2. The van der Waals surface area contributed by atoms with E-state index < -0.39 is 10.0 Å². The van der Waals surface area contributed by atoms with E-state index >= 15 is 0 Å². The molecule has 6 nitrogen and oxygen atoms in total. The van der Waals surface area contributed by atoms with Crippen LogP contribution in [-0.2, 0) is 16.6 Å². The molecule has 0 spiro atoms. The highest BCUT2D eigenvalue weighted by Crippen LogP contribution is 2.19. The summed E-state index contributed by atoms with van der Waals surface area (Å²) in [7, 11) is -0.433. The molecule has 0 atom stereocenters. The van der Waals surface area contributed by atoms with E-state index in [2.05, 4.69) is 27.8 Å². The highest BCUT2D eigenvalue weighted by Gasteiger charge is 2.20. The molecular weight excluding hydrogens is 392 g/mol. The van der Waals surface area contributed by atoms with Crippen LogP contribution in [0.15, 0.2) is 69.4 Å². The number of rotatable bonds is 9. The van der Waals surface area contributed by atoms with E-state index in [9.17, 15) is 8.42 Å². The van der Waals surface area contributed by atoms with Crippen molar-refractivity contribution in [2.75, 3.05) is 32.9 Å². The van der Waals surface area contributed by atoms with Gasteiger partial charge >= 0.3 is 0 Å². The SMILES string of the molecule is CCNC(=NCc1ccccc1S(=O)(=O)N(C)C)NCCSc1ccccc1.